The van der Waals surface area contributed by atoms with Crippen LogP contribution in [0.2, 0.25) is 0 Å². The lowest BCUT2D eigenvalue weighted by molar-refractivity contribution is 0.256. The molecule has 1 aliphatic rings. The molecule has 110 valence electrons. The van der Waals surface area contributed by atoms with Crippen LogP contribution in [-0.2, 0) is 16.3 Å². The molecule has 0 saturated heterocycles. The summed E-state index contributed by atoms with van der Waals surface area (Å²) in [6.07, 6.45) is 0.263. The molecule has 0 fully saturated rings. The van der Waals surface area contributed by atoms with E-state index in [1.54, 1.807) is 12.1 Å². The lowest BCUT2D eigenvalue weighted by Gasteiger charge is -2.12. The molecule has 4 nitrogen and oxygen atoms in total. The van der Waals surface area contributed by atoms with Gasteiger partial charge in [-0.05, 0) is 45.8 Å². The molecule has 0 radical (unpaired) electrons. The zero-order valence-electron chi connectivity index (χ0n) is 11.1. The Kier molecular flexibility index (Phi) is 3.67. The number of ether oxygens (including phenoxy) is 1. The van der Waals surface area contributed by atoms with Crippen LogP contribution in [0.5, 0.6) is 5.75 Å². The van der Waals surface area contributed by atoms with Crippen LogP contribution >= 0.6 is 15.9 Å². The van der Waals surface area contributed by atoms with E-state index in [2.05, 4.69) is 15.9 Å². The molecule has 0 bridgehead atoms. The minimum absolute atomic E-state index is 0.0514. The molecule has 0 spiro atoms. The Hall–Kier alpha value is -1.53. The van der Waals surface area contributed by atoms with E-state index in [4.69, 9.17) is 10.5 Å². The van der Waals surface area contributed by atoms with Crippen LogP contribution in [0.25, 0.3) is 0 Å². The number of rotatable bonds is 3. The van der Waals surface area contributed by atoms with Crippen LogP contribution in [0.3, 0.4) is 0 Å². The van der Waals surface area contributed by atoms with Crippen molar-refractivity contribution in [2.24, 2.45) is 0 Å². The highest BCUT2D eigenvalue weighted by Gasteiger charge is 2.29. The number of sulfone groups is 1. The van der Waals surface area contributed by atoms with E-state index >= 15 is 0 Å². The quantitative estimate of drug-likeness (QED) is 0.846. The van der Waals surface area contributed by atoms with E-state index in [0.29, 0.717) is 16.6 Å². The minimum Gasteiger partial charge on any atom is -0.489 e. The van der Waals surface area contributed by atoms with Crippen LogP contribution in [0.15, 0.2) is 51.8 Å². The summed E-state index contributed by atoms with van der Waals surface area (Å²) in [5.74, 6) is 0.721. The molecule has 2 N–H and O–H groups in total. The Balaban J connectivity index is 1.82. The van der Waals surface area contributed by atoms with E-state index in [-0.39, 0.29) is 16.8 Å². The summed E-state index contributed by atoms with van der Waals surface area (Å²) in [4.78, 5) is 0.247. The number of para-hydroxylation sites is 1. The third kappa shape index (κ3) is 2.91. The van der Waals surface area contributed by atoms with Gasteiger partial charge in [-0.1, -0.05) is 18.2 Å². The molecular weight excluding hydrogens is 354 g/mol. The Morgan fingerprint density at radius 3 is 2.71 bits per heavy atom. The summed E-state index contributed by atoms with van der Waals surface area (Å²) in [7, 11) is -3.44. The Morgan fingerprint density at radius 2 is 2.00 bits per heavy atom. The molecule has 0 amide bonds. The third-order valence-corrected chi connectivity index (χ3v) is 6.17. The van der Waals surface area contributed by atoms with Gasteiger partial charge in [0, 0.05) is 16.6 Å². The largest absolute Gasteiger partial charge is 0.489 e. The van der Waals surface area contributed by atoms with Crippen molar-refractivity contribution >= 4 is 31.5 Å². The van der Waals surface area contributed by atoms with Gasteiger partial charge in [-0.25, -0.2) is 8.42 Å². The number of halogens is 1. The van der Waals surface area contributed by atoms with E-state index in [0.717, 1.165) is 11.3 Å². The monoisotopic (exact) mass is 367 g/mol. The summed E-state index contributed by atoms with van der Waals surface area (Å²) in [5.41, 5.74) is 7.21. The van der Waals surface area contributed by atoms with Crippen LogP contribution < -0.4 is 10.5 Å². The first-order valence-corrected chi connectivity index (χ1v) is 8.92. The first-order valence-electron chi connectivity index (χ1n) is 6.48. The van der Waals surface area contributed by atoms with Crippen molar-refractivity contribution in [1.29, 1.82) is 0 Å². The number of fused-ring (bicyclic) bond motifs is 1. The van der Waals surface area contributed by atoms with Gasteiger partial charge in [0.2, 0.25) is 0 Å². The lowest BCUT2D eigenvalue weighted by Crippen LogP contribution is -2.25. The maximum atomic E-state index is 12.5. The SMILES string of the molecule is Nc1ccc(S(=O)(=O)CC2Cc3ccccc3O2)c(Br)c1. The van der Waals surface area contributed by atoms with Gasteiger partial charge in [-0.15, -0.1) is 0 Å². The first-order chi connectivity index (χ1) is 9.95. The fraction of sp³-hybridized carbons (Fsp3) is 0.200. The van der Waals surface area contributed by atoms with Crippen LogP contribution in [0.1, 0.15) is 5.56 Å². The van der Waals surface area contributed by atoms with Crippen molar-refractivity contribution in [2.75, 3.05) is 11.5 Å². The molecule has 2 aromatic carbocycles. The van der Waals surface area contributed by atoms with Gasteiger partial charge < -0.3 is 10.5 Å². The zero-order valence-corrected chi connectivity index (χ0v) is 13.5. The smallest absolute Gasteiger partial charge is 0.183 e. The van der Waals surface area contributed by atoms with Gasteiger partial charge >= 0.3 is 0 Å². The Labute approximate surface area is 132 Å². The van der Waals surface area contributed by atoms with Crippen molar-refractivity contribution in [1.82, 2.24) is 0 Å². The van der Waals surface area contributed by atoms with Crippen molar-refractivity contribution in [3.63, 3.8) is 0 Å². The fourth-order valence-corrected chi connectivity index (χ4v) is 5.07. The first kappa shape index (κ1) is 14.4. The van der Waals surface area contributed by atoms with Crippen molar-refractivity contribution in [3.8, 4) is 5.75 Å². The maximum absolute atomic E-state index is 12.5. The molecule has 1 atom stereocenters. The standard InChI is InChI=1S/C15H14BrNO3S/c16-13-8-11(17)5-6-15(13)21(18,19)9-12-7-10-3-1-2-4-14(10)20-12/h1-6,8,12H,7,9,17H2. The number of benzene rings is 2. The molecule has 21 heavy (non-hydrogen) atoms. The number of hydrogen-bond donors (Lipinski definition) is 1. The van der Waals surface area contributed by atoms with E-state index in [1.165, 1.54) is 6.07 Å². The van der Waals surface area contributed by atoms with Crippen molar-refractivity contribution in [2.45, 2.75) is 17.4 Å². The molecule has 6 heteroatoms. The average molecular weight is 368 g/mol. The van der Waals surface area contributed by atoms with Crippen LogP contribution in [-0.4, -0.2) is 20.3 Å². The summed E-state index contributed by atoms with van der Waals surface area (Å²) >= 11 is 3.26. The van der Waals surface area contributed by atoms with Gasteiger partial charge in [0.15, 0.2) is 9.84 Å². The molecular formula is C15H14BrNO3S. The molecule has 1 heterocycles. The molecule has 3 rings (SSSR count). The second kappa shape index (κ2) is 5.35. The summed E-state index contributed by atoms with van der Waals surface area (Å²) < 4.78 is 31.2. The van der Waals surface area contributed by atoms with Crippen LogP contribution in [0, 0.1) is 0 Å². The molecule has 0 saturated carbocycles. The van der Waals surface area contributed by atoms with Crippen molar-refractivity contribution < 1.29 is 13.2 Å². The van der Waals surface area contributed by atoms with Crippen molar-refractivity contribution in [3.05, 3.63) is 52.5 Å². The number of nitrogen functional groups attached to an aromatic ring is 1. The predicted molar refractivity (Wildman–Crippen MR) is 85.2 cm³/mol. The van der Waals surface area contributed by atoms with Gasteiger partial charge in [0.05, 0.1) is 10.6 Å². The zero-order chi connectivity index (χ0) is 15.0. The highest BCUT2D eigenvalue weighted by atomic mass is 79.9. The highest BCUT2D eigenvalue weighted by molar-refractivity contribution is 9.10. The number of nitrogens with two attached hydrogens (primary N) is 1. The van der Waals surface area contributed by atoms with Gasteiger partial charge in [0.25, 0.3) is 0 Å². The minimum atomic E-state index is -3.44. The van der Waals surface area contributed by atoms with Gasteiger partial charge in [0.1, 0.15) is 11.9 Å². The topological polar surface area (TPSA) is 69.4 Å². The van der Waals surface area contributed by atoms with E-state index in [1.807, 2.05) is 24.3 Å². The molecule has 1 aliphatic heterocycles. The van der Waals surface area contributed by atoms with Gasteiger partial charge in [-0.3, -0.25) is 0 Å². The fourth-order valence-electron chi connectivity index (χ4n) is 2.45. The third-order valence-electron chi connectivity index (χ3n) is 3.41. The molecule has 0 aromatic heterocycles. The van der Waals surface area contributed by atoms with E-state index < -0.39 is 9.84 Å². The Bertz CT molecular complexity index is 764. The highest BCUT2D eigenvalue weighted by Crippen LogP contribution is 2.31. The normalized spacial score (nSPS) is 17.3. The van der Waals surface area contributed by atoms with Crippen LogP contribution in [0.4, 0.5) is 5.69 Å². The summed E-state index contributed by atoms with van der Waals surface area (Å²) in [5, 5.41) is 0. The molecule has 1 unspecified atom stereocenters. The van der Waals surface area contributed by atoms with E-state index in [9.17, 15) is 8.42 Å². The summed E-state index contributed by atoms with van der Waals surface area (Å²) in [6, 6.07) is 12.3. The van der Waals surface area contributed by atoms with Gasteiger partial charge in [-0.2, -0.15) is 0 Å². The second-order valence-corrected chi connectivity index (χ2v) is 7.88. The maximum Gasteiger partial charge on any atom is 0.183 e. The number of anilines is 1. The summed E-state index contributed by atoms with van der Waals surface area (Å²) in [6.45, 7) is 0. The Morgan fingerprint density at radius 1 is 1.24 bits per heavy atom. The molecule has 2 aromatic rings. The average Bonchev–Trinajstić information content (AvgIpc) is 2.79. The molecule has 0 aliphatic carbocycles. The predicted octanol–water partition coefficient (Wildman–Crippen LogP) is 2.81. The lowest BCUT2D eigenvalue weighted by atomic mass is 10.1. The second-order valence-electron chi connectivity index (χ2n) is 5.02. The number of hydrogen-bond acceptors (Lipinski definition) is 4.